The molecule has 0 aliphatic heterocycles. The highest BCUT2D eigenvalue weighted by Gasteiger charge is 2.21. The van der Waals surface area contributed by atoms with Crippen LogP contribution in [0.3, 0.4) is 0 Å². The third-order valence-corrected chi connectivity index (χ3v) is 3.28. The van der Waals surface area contributed by atoms with Gasteiger partial charge in [-0.05, 0) is 48.4 Å². The molecule has 1 aromatic carbocycles. The lowest BCUT2D eigenvalue weighted by Gasteiger charge is -2.09. The molecule has 0 amide bonds. The van der Waals surface area contributed by atoms with Crippen molar-refractivity contribution >= 4 is 40.0 Å². The molecular formula is C14H10Cl2N2O2. The fraction of sp³-hybridized carbons (Fsp3) is 0.0714. The standard InChI is InChI=1S/C14H10Cl2N2O2/c1-7-6-8(15)2-3-9(7)12(19)10-4-5-18-14(17)11(10)13(16)20/h2-6H,1H3,(H2,17,18). The first-order chi connectivity index (χ1) is 9.41. The van der Waals surface area contributed by atoms with Gasteiger partial charge in [0.25, 0.3) is 5.24 Å². The van der Waals surface area contributed by atoms with Crippen LogP contribution in [0, 0.1) is 6.92 Å². The van der Waals surface area contributed by atoms with E-state index in [0.717, 1.165) is 0 Å². The average molecular weight is 309 g/mol. The Hall–Kier alpha value is -1.91. The van der Waals surface area contributed by atoms with Crippen LogP contribution in [0.4, 0.5) is 5.82 Å². The van der Waals surface area contributed by atoms with Crippen molar-refractivity contribution in [3.8, 4) is 0 Å². The Morgan fingerprint density at radius 1 is 1.20 bits per heavy atom. The third kappa shape index (κ3) is 2.66. The number of hydrogen-bond acceptors (Lipinski definition) is 4. The van der Waals surface area contributed by atoms with Crippen LogP contribution in [0.25, 0.3) is 0 Å². The highest BCUT2D eigenvalue weighted by atomic mass is 35.5. The summed E-state index contributed by atoms with van der Waals surface area (Å²) in [5.74, 6) is -0.417. The molecule has 0 bridgehead atoms. The van der Waals surface area contributed by atoms with Gasteiger partial charge in [0.05, 0.1) is 5.56 Å². The maximum atomic E-state index is 12.5. The smallest absolute Gasteiger partial charge is 0.256 e. The predicted octanol–water partition coefficient (Wildman–Crippen LogP) is 3.24. The number of carbonyl (C=O) groups is 2. The first kappa shape index (κ1) is 14.5. The van der Waals surface area contributed by atoms with Crippen molar-refractivity contribution in [1.29, 1.82) is 0 Å². The number of anilines is 1. The van der Waals surface area contributed by atoms with Crippen molar-refractivity contribution in [2.75, 3.05) is 5.73 Å². The maximum Gasteiger partial charge on any atom is 0.256 e. The van der Waals surface area contributed by atoms with Crippen LogP contribution in [0.2, 0.25) is 5.02 Å². The molecule has 0 aliphatic carbocycles. The van der Waals surface area contributed by atoms with Crippen LogP contribution < -0.4 is 5.73 Å². The molecule has 6 heteroatoms. The Labute approximate surface area is 125 Å². The number of halogens is 2. The van der Waals surface area contributed by atoms with E-state index < -0.39 is 5.24 Å². The molecule has 20 heavy (non-hydrogen) atoms. The van der Waals surface area contributed by atoms with E-state index >= 15 is 0 Å². The monoisotopic (exact) mass is 308 g/mol. The van der Waals surface area contributed by atoms with Gasteiger partial charge >= 0.3 is 0 Å². The minimum Gasteiger partial charge on any atom is -0.383 e. The molecule has 0 aliphatic rings. The Morgan fingerprint density at radius 2 is 1.90 bits per heavy atom. The molecular weight excluding hydrogens is 299 g/mol. The minimum atomic E-state index is -0.814. The van der Waals surface area contributed by atoms with Gasteiger partial charge in [-0.2, -0.15) is 0 Å². The van der Waals surface area contributed by atoms with Crippen LogP contribution in [0.5, 0.6) is 0 Å². The fourth-order valence-electron chi connectivity index (χ4n) is 1.90. The zero-order valence-corrected chi connectivity index (χ0v) is 12.0. The summed E-state index contributed by atoms with van der Waals surface area (Å²) in [6.07, 6.45) is 1.36. The summed E-state index contributed by atoms with van der Waals surface area (Å²) in [5, 5.41) is -0.285. The number of aryl methyl sites for hydroxylation is 1. The molecule has 0 fully saturated rings. The van der Waals surface area contributed by atoms with Crippen LogP contribution in [0.1, 0.15) is 31.8 Å². The zero-order valence-electron chi connectivity index (χ0n) is 10.5. The van der Waals surface area contributed by atoms with Crippen molar-refractivity contribution < 1.29 is 9.59 Å². The molecule has 0 saturated carbocycles. The second kappa shape index (κ2) is 5.61. The van der Waals surface area contributed by atoms with Gasteiger partial charge in [-0.1, -0.05) is 11.6 Å². The predicted molar refractivity (Wildman–Crippen MR) is 78.5 cm³/mol. The lowest BCUT2D eigenvalue weighted by molar-refractivity contribution is 0.102. The average Bonchev–Trinajstić information content (AvgIpc) is 2.37. The van der Waals surface area contributed by atoms with E-state index in [0.29, 0.717) is 16.1 Å². The van der Waals surface area contributed by atoms with Crippen LogP contribution in [-0.2, 0) is 0 Å². The number of nitrogens with zero attached hydrogens (tertiary/aromatic N) is 1. The van der Waals surface area contributed by atoms with Crippen molar-refractivity contribution in [3.63, 3.8) is 0 Å². The van der Waals surface area contributed by atoms with Gasteiger partial charge in [0.1, 0.15) is 5.82 Å². The molecule has 0 saturated heterocycles. The van der Waals surface area contributed by atoms with E-state index in [9.17, 15) is 9.59 Å². The minimum absolute atomic E-state index is 0.0672. The van der Waals surface area contributed by atoms with Gasteiger partial charge in [-0.25, -0.2) is 4.98 Å². The van der Waals surface area contributed by atoms with Gasteiger partial charge < -0.3 is 5.73 Å². The number of pyridine rings is 1. The molecule has 4 nitrogen and oxygen atoms in total. The Morgan fingerprint density at radius 3 is 2.50 bits per heavy atom. The number of aromatic nitrogens is 1. The van der Waals surface area contributed by atoms with E-state index in [1.807, 2.05) is 0 Å². The number of nitrogens with two attached hydrogens (primary N) is 1. The fourth-order valence-corrected chi connectivity index (χ4v) is 2.33. The summed E-state index contributed by atoms with van der Waals surface area (Å²) in [4.78, 5) is 27.7. The van der Waals surface area contributed by atoms with E-state index in [1.54, 1.807) is 25.1 Å². The molecule has 0 spiro atoms. The van der Waals surface area contributed by atoms with Gasteiger partial charge in [-0.15, -0.1) is 0 Å². The number of benzene rings is 1. The lowest BCUT2D eigenvalue weighted by Crippen LogP contribution is -2.12. The number of carbonyl (C=O) groups excluding carboxylic acids is 2. The molecule has 2 rings (SSSR count). The normalized spacial score (nSPS) is 10.3. The van der Waals surface area contributed by atoms with Gasteiger partial charge in [0.2, 0.25) is 0 Å². The lowest BCUT2D eigenvalue weighted by atomic mass is 9.96. The van der Waals surface area contributed by atoms with Crippen molar-refractivity contribution in [1.82, 2.24) is 4.98 Å². The molecule has 2 aromatic rings. The summed E-state index contributed by atoms with van der Waals surface area (Å²) in [6, 6.07) is 6.29. The first-order valence-corrected chi connectivity index (χ1v) is 6.42. The third-order valence-electron chi connectivity index (χ3n) is 2.85. The number of ketones is 1. The molecule has 0 atom stereocenters. The number of rotatable bonds is 3. The molecule has 0 unspecified atom stereocenters. The van der Waals surface area contributed by atoms with Crippen molar-refractivity contribution in [3.05, 3.63) is 57.7 Å². The van der Waals surface area contributed by atoms with Gasteiger partial charge in [0.15, 0.2) is 5.78 Å². The van der Waals surface area contributed by atoms with Crippen molar-refractivity contribution in [2.24, 2.45) is 0 Å². The number of hydrogen-bond donors (Lipinski definition) is 1. The molecule has 0 radical (unpaired) electrons. The van der Waals surface area contributed by atoms with E-state index in [4.69, 9.17) is 28.9 Å². The van der Waals surface area contributed by atoms with Gasteiger partial charge in [-0.3, -0.25) is 9.59 Å². The second-order valence-corrected chi connectivity index (χ2v) is 4.96. The molecule has 1 aromatic heterocycles. The SMILES string of the molecule is Cc1cc(Cl)ccc1C(=O)c1ccnc(N)c1C(=O)Cl. The summed E-state index contributed by atoms with van der Waals surface area (Å²) < 4.78 is 0. The second-order valence-electron chi connectivity index (χ2n) is 4.18. The van der Waals surface area contributed by atoms with Crippen LogP contribution >= 0.6 is 23.2 Å². The summed E-state index contributed by atoms with van der Waals surface area (Å²) in [7, 11) is 0. The molecule has 1 heterocycles. The summed E-state index contributed by atoms with van der Waals surface area (Å²) >= 11 is 11.3. The quantitative estimate of drug-likeness (QED) is 0.698. The van der Waals surface area contributed by atoms with E-state index in [2.05, 4.69) is 4.98 Å². The Balaban J connectivity index is 2.60. The Bertz CT molecular complexity index is 714. The Kier molecular flexibility index (Phi) is 4.06. The van der Waals surface area contributed by atoms with Crippen LogP contribution in [0.15, 0.2) is 30.5 Å². The zero-order chi connectivity index (χ0) is 14.9. The highest BCUT2D eigenvalue weighted by molar-refractivity contribution is 6.68. The highest BCUT2D eigenvalue weighted by Crippen LogP contribution is 2.23. The largest absolute Gasteiger partial charge is 0.383 e. The van der Waals surface area contributed by atoms with Crippen molar-refractivity contribution in [2.45, 2.75) is 6.92 Å². The summed E-state index contributed by atoms with van der Waals surface area (Å²) in [6.45, 7) is 1.76. The van der Waals surface area contributed by atoms with E-state index in [-0.39, 0.29) is 22.7 Å². The first-order valence-electron chi connectivity index (χ1n) is 5.67. The van der Waals surface area contributed by atoms with E-state index in [1.165, 1.54) is 12.3 Å². The molecule has 102 valence electrons. The maximum absolute atomic E-state index is 12.5. The molecule has 2 N–H and O–H groups in total. The topological polar surface area (TPSA) is 73.1 Å². The number of nitrogen functional groups attached to an aromatic ring is 1. The summed E-state index contributed by atoms with van der Waals surface area (Å²) in [5.41, 5.74) is 6.79. The van der Waals surface area contributed by atoms with Gasteiger partial charge in [0, 0.05) is 22.3 Å². The van der Waals surface area contributed by atoms with Crippen LogP contribution in [-0.4, -0.2) is 16.0 Å².